The van der Waals surface area contributed by atoms with Crippen molar-refractivity contribution in [3.63, 3.8) is 0 Å². The van der Waals surface area contributed by atoms with Gasteiger partial charge >= 0.3 is 0 Å². The topological polar surface area (TPSA) is 69.6 Å². The van der Waals surface area contributed by atoms with Crippen molar-refractivity contribution >= 4 is 23.2 Å². The first-order valence-electron chi connectivity index (χ1n) is 7.41. The molecular weight excluding hydrogens is 288 g/mol. The van der Waals surface area contributed by atoms with Crippen LogP contribution in [0, 0.1) is 0 Å². The number of thiophene rings is 1. The second kappa shape index (κ2) is 5.77. The fraction of sp³-hybridized carbons (Fsp3) is 0.600. The molecule has 3 heterocycles. The van der Waals surface area contributed by atoms with Crippen molar-refractivity contribution in [2.45, 2.75) is 56.8 Å². The summed E-state index contributed by atoms with van der Waals surface area (Å²) in [5.41, 5.74) is 0. The molecule has 0 spiro atoms. The fourth-order valence-corrected chi connectivity index (χ4v) is 4.10. The normalized spacial score (nSPS) is 29.2. The smallest absolute Gasteiger partial charge is 0.261 e. The molecule has 1 aromatic heterocycles. The monoisotopic (exact) mass is 308 g/mol. The van der Waals surface area contributed by atoms with Crippen LogP contribution in [-0.2, 0) is 4.79 Å². The third-order valence-corrected chi connectivity index (χ3v) is 5.29. The van der Waals surface area contributed by atoms with Crippen LogP contribution in [0.5, 0.6) is 0 Å². The van der Waals surface area contributed by atoms with Gasteiger partial charge in [0.15, 0.2) is 0 Å². The maximum Gasteiger partial charge on any atom is 0.261 e. The summed E-state index contributed by atoms with van der Waals surface area (Å²) in [7, 11) is 0. The molecular formula is C15H20N2O3S. The predicted molar refractivity (Wildman–Crippen MR) is 80.1 cm³/mol. The largest absolute Gasteiger partial charge is 0.393 e. The van der Waals surface area contributed by atoms with Crippen LogP contribution in [0.4, 0.5) is 0 Å². The molecule has 2 aliphatic rings. The van der Waals surface area contributed by atoms with Gasteiger partial charge in [-0.15, -0.1) is 11.3 Å². The summed E-state index contributed by atoms with van der Waals surface area (Å²) >= 11 is 1.36. The van der Waals surface area contributed by atoms with E-state index in [1.165, 1.54) is 11.3 Å². The van der Waals surface area contributed by atoms with Crippen molar-refractivity contribution in [3.05, 3.63) is 22.4 Å². The number of hydrogen-bond acceptors (Lipinski definition) is 4. The summed E-state index contributed by atoms with van der Waals surface area (Å²) in [5, 5.41) is 14.4. The zero-order valence-electron chi connectivity index (χ0n) is 12.0. The van der Waals surface area contributed by atoms with Crippen LogP contribution in [0.3, 0.4) is 0 Å². The van der Waals surface area contributed by atoms with Crippen LogP contribution in [0.15, 0.2) is 17.5 Å². The molecule has 2 amide bonds. The summed E-state index contributed by atoms with van der Waals surface area (Å²) in [4.78, 5) is 27.1. The number of carbonyl (C=O) groups excluding carboxylic acids is 2. The number of fused-ring (bicyclic) bond motifs is 2. The molecule has 2 fully saturated rings. The van der Waals surface area contributed by atoms with Gasteiger partial charge in [0.2, 0.25) is 5.91 Å². The van der Waals surface area contributed by atoms with E-state index in [9.17, 15) is 14.7 Å². The van der Waals surface area contributed by atoms with E-state index in [2.05, 4.69) is 5.32 Å². The minimum Gasteiger partial charge on any atom is -0.393 e. The Bertz CT molecular complexity index is 517. The Morgan fingerprint density at radius 3 is 2.62 bits per heavy atom. The Labute approximate surface area is 128 Å². The quantitative estimate of drug-likeness (QED) is 0.886. The Hall–Kier alpha value is -1.40. The zero-order chi connectivity index (χ0) is 15.0. The van der Waals surface area contributed by atoms with Gasteiger partial charge in [0.1, 0.15) is 6.04 Å². The maximum absolute atomic E-state index is 12.6. The van der Waals surface area contributed by atoms with Crippen molar-refractivity contribution < 1.29 is 14.7 Å². The molecule has 5 nitrogen and oxygen atoms in total. The number of amides is 2. The minimum absolute atomic E-state index is 0.0284. The molecule has 2 saturated heterocycles. The molecule has 3 unspecified atom stereocenters. The highest BCUT2D eigenvalue weighted by Crippen LogP contribution is 2.36. The van der Waals surface area contributed by atoms with Crippen LogP contribution in [0.2, 0.25) is 0 Å². The number of rotatable bonds is 3. The third-order valence-electron chi connectivity index (χ3n) is 4.43. The van der Waals surface area contributed by atoms with E-state index in [1.54, 1.807) is 13.0 Å². The number of aliphatic hydroxyl groups is 1. The SMILES string of the molecule is CC(NC(=O)c1cccs1)C(=O)N1C2CCC1CC(O)C2. The molecule has 0 aliphatic carbocycles. The van der Waals surface area contributed by atoms with Crippen molar-refractivity contribution in [1.29, 1.82) is 0 Å². The molecule has 114 valence electrons. The molecule has 1 aromatic rings. The number of hydrogen-bond donors (Lipinski definition) is 2. The number of nitrogens with zero attached hydrogens (tertiary/aromatic N) is 1. The Kier molecular flexibility index (Phi) is 3.99. The molecule has 0 aromatic carbocycles. The first-order chi connectivity index (χ1) is 10.1. The molecule has 3 rings (SSSR count). The number of carbonyl (C=O) groups is 2. The van der Waals surface area contributed by atoms with Gasteiger partial charge in [0.25, 0.3) is 5.91 Å². The molecule has 2 aliphatic heterocycles. The first kappa shape index (κ1) is 14.5. The average Bonchev–Trinajstić information content (AvgIpc) is 3.05. The van der Waals surface area contributed by atoms with Crippen LogP contribution in [-0.4, -0.2) is 46.1 Å². The second-order valence-electron chi connectivity index (χ2n) is 5.93. The second-order valence-corrected chi connectivity index (χ2v) is 6.88. The van der Waals surface area contributed by atoms with E-state index in [-0.39, 0.29) is 30.0 Å². The molecule has 0 radical (unpaired) electrons. The van der Waals surface area contributed by atoms with Gasteiger partial charge in [-0.05, 0) is 44.1 Å². The predicted octanol–water partition coefficient (Wildman–Crippen LogP) is 1.38. The molecule has 0 saturated carbocycles. The van der Waals surface area contributed by atoms with Gasteiger partial charge < -0.3 is 15.3 Å². The summed E-state index contributed by atoms with van der Waals surface area (Å²) < 4.78 is 0. The molecule has 21 heavy (non-hydrogen) atoms. The van der Waals surface area contributed by atoms with Crippen LogP contribution >= 0.6 is 11.3 Å². The molecule has 2 bridgehead atoms. The lowest BCUT2D eigenvalue weighted by molar-refractivity contribution is -0.139. The lowest BCUT2D eigenvalue weighted by Crippen LogP contribution is -2.54. The lowest BCUT2D eigenvalue weighted by Gasteiger charge is -2.38. The van der Waals surface area contributed by atoms with E-state index < -0.39 is 6.04 Å². The van der Waals surface area contributed by atoms with Gasteiger partial charge in [0.05, 0.1) is 11.0 Å². The number of piperidine rings is 1. The maximum atomic E-state index is 12.6. The highest BCUT2D eigenvalue weighted by Gasteiger charge is 2.43. The van der Waals surface area contributed by atoms with Crippen molar-refractivity contribution in [2.75, 3.05) is 0 Å². The van der Waals surface area contributed by atoms with E-state index >= 15 is 0 Å². The van der Waals surface area contributed by atoms with Crippen molar-refractivity contribution in [2.24, 2.45) is 0 Å². The summed E-state index contributed by atoms with van der Waals surface area (Å²) in [5.74, 6) is -0.227. The van der Waals surface area contributed by atoms with Crippen LogP contribution < -0.4 is 5.32 Å². The van der Waals surface area contributed by atoms with Crippen LogP contribution in [0.25, 0.3) is 0 Å². The highest BCUT2D eigenvalue weighted by molar-refractivity contribution is 7.12. The summed E-state index contributed by atoms with van der Waals surface area (Å²) in [6, 6.07) is 3.30. The lowest BCUT2D eigenvalue weighted by atomic mass is 9.99. The standard InChI is InChI=1S/C15H20N2O3S/c1-9(16-14(19)13-3-2-6-21-13)15(20)17-10-4-5-11(17)8-12(18)7-10/h2-3,6,9-12,18H,4-5,7-8H2,1H3,(H,16,19). The summed E-state index contributed by atoms with van der Waals surface area (Å²) in [6.07, 6.45) is 2.95. The van der Waals surface area contributed by atoms with E-state index in [0.717, 1.165) is 12.8 Å². The fourth-order valence-electron chi connectivity index (χ4n) is 3.47. The first-order valence-corrected chi connectivity index (χ1v) is 8.29. The zero-order valence-corrected chi connectivity index (χ0v) is 12.8. The third kappa shape index (κ3) is 2.82. The van der Waals surface area contributed by atoms with Gasteiger partial charge in [-0.3, -0.25) is 9.59 Å². The van der Waals surface area contributed by atoms with Gasteiger partial charge in [-0.25, -0.2) is 0 Å². The highest BCUT2D eigenvalue weighted by atomic mass is 32.1. The van der Waals surface area contributed by atoms with E-state index in [4.69, 9.17) is 0 Å². The Balaban J connectivity index is 1.64. The van der Waals surface area contributed by atoms with Gasteiger partial charge in [-0.1, -0.05) is 6.07 Å². The van der Waals surface area contributed by atoms with E-state index in [1.807, 2.05) is 16.3 Å². The van der Waals surface area contributed by atoms with Crippen molar-refractivity contribution in [1.82, 2.24) is 10.2 Å². The van der Waals surface area contributed by atoms with Gasteiger partial charge in [-0.2, -0.15) is 0 Å². The Morgan fingerprint density at radius 2 is 2.05 bits per heavy atom. The number of aliphatic hydroxyl groups excluding tert-OH is 1. The van der Waals surface area contributed by atoms with Crippen molar-refractivity contribution in [3.8, 4) is 0 Å². The summed E-state index contributed by atoms with van der Waals surface area (Å²) in [6.45, 7) is 1.73. The molecule has 2 N–H and O–H groups in total. The Morgan fingerprint density at radius 1 is 1.38 bits per heavy atom. The minimum atomic E-state index is -0.530. The van der Waals surface area contributed by atoms with Gasteiger partial charge in [0, 0.05) is 12.1 Å². The average molecular weight is 308 g/mol. The van der Waals surface area contributed by atoms with E-state index in [0.29, 0.717) is 17.7 Å². The number of nitrogens with one attached hydrogen (secondary N) is 1. The van der Waals surface area contributed by atoms with Crippen LogP contribution in [0.1, 0.15) is 42.3 Å². The molecule has 6 heteroatoms. The molecule has 3 atom stereocenters.